The van der Waals surface area contributed by atoms with Gasteiger partial charge in [0.05, 0.1) is 17.3 Å². The lowest BCUT2D eigenvalue weighted by molar-refractivity contribution is 0.437. The molecule has 2 aromatic carbocycles. The summed E-state index contributed by atoms with van der Waals surface area (Å²) in [6.45, 7) is 4.15. The third-order valence-corrected chi connectivity index (χ3v) is 5.13. The highest BCUT2D eigenvalue weighted by Gasteiger charge is 2.40. The monoisotopic (exact) mass is 356 g/mol. The fourth-order valence-electron chi connectivity index (χ4n) is 3.58. The lowest BCUT2D eigenvalue weighted by Crippen LogP contribution is -2.30. The molecule has 1 aliphatic heterocycles. The molecule has 27 heavy (non-hydrogen) atoms. The van der Waals surface area contributed by atoms with Gasteiger partial charge in [0.1, 0.15) is 5.92 Å². The van der Waals surface area contributed by atoms with Crippen molar-refractivity contribution < 1.29 is 4.74 Å². The van der Waals surface area contributed by atoms with Crippen molar-refractivity contribution in [2.75, 3.05) is 0 Å². The zero-order valence-corrected chi connectivity index (χ0v) is 15.3. The van der Waals surface area contributed by atoms with Crippen LogP contribution in [0.3, 0.4) is 0 Å². The number of nitrogens with one attached hydrogen (secondary N) is 2. The van der Waals surface area contributed by atoms with Crippen molar-refractivity contribution in [2.24, 2.45) is 5.92 Å². The van der Waals surface area contributed by atoms with E-state index in [-0.39, 0.29) is 11.8 Å². The smallest absolute Gasteiger partial charge is 0.244 e. The van der Waals surface area contributed by atoms with E-state index in [1.165, 1.54) is 11.1 Å². The van der Waals surface area contributed by atoms with Crippen LogP contribution in [-0.2, 0) is 6.42 Å². The summed E-state index contributed by atoms with van der Waals surface area (Å²) < 4.78 is 5.58. The van der Waals surface area contributed by atoms with Gasteiger partial charge in [0.15, 0.2) is 0 Å². The fraction of sp³-hybridized carbons (Fsp3) is 0.227. The Labute approximate surface area is 158 Å². The number of aryl methyl sites for hydroxylation is 2. The standard InChI is InChI=1S/C22H20N4O/c1-3-14-6-10-15(11-7-14)18-17(12-23)21(24)27-22-19(18)20(25-26-22)16-8-4-13(2)5-9-16/h4-11,17-18,24H,3H2,1-2H3,(H,25,26). The highest BCUT2D eigenvalue weighted by molar-refractivity contribution is 5.86. The molecule has 0 amide bonds. The lowest BCUT2D eigenvalue weighted by atomic mass is 9.78. The van der Waals surface area contributed by atoms with E-state index in [0.29, 0.717) is 5.88 Å². The van der Waals surface area contributed by atoms with E-state index in [0.717, 1.165) is 28.8 Å². The van der Waals surface area contributed by atoms with Gasteiger partial charge in [-0.25, -0.2) is 0 Å². The topological polar surface area (TPSA) is 85.5 Å². The van der Waals surface area contributed by atoms with Crippen LogP contribution in [0.1, 0.15) is 35.1 Å². The average molecular weight is 356 g/mol. The number of nitriles is 1. The van der Waals surface area contributed by atoms with Crippen molar-refractivity contribution in [3.8, 4) is 23.2 Å². The number of rotatable bonds is 3. The van der Waals surface area contributed by atoms with Crippen molar-refractivity contribution in [1.82, 2.24) is 10.2 Å². The van der Waals surface area contributed by atoms with E-state index in [1.807, 2.05) is 43.3 Å². The highest BCUT2D eigenvalue weighted by Crippen LogP contribution is 2.45. The SMILES string of the molecule is CCc1ccc(C2c3c(n[nH]c3-c3ccc(C)cc3)OC(=N)C2C#N)cc1. The molecule has 2 N–H and O–H groups in total. The molecule has 2 heterocycles. The molecule has 134 valence electrons. The number of aromatic amines is 1. The minimum absolute atomic E-state index is 0.0588. The predicted octanol–water partition coefficient (Wildman–Crippen LogP) is 4.59. The molecule has 5 nitrogen and oxygen atoms in total. The Morgan fingerprint density at radius 2 is 1.85 bits per heavy atom. The second kappa shape index (κ2) is 6.73. The van der Waals surface area contributed by atoms with Crippen molar-refractivity contribution in [2.45, 2.75) is 26.2 Å². The van der Waals surface area contributed by atoms with Crippen molar-refractivity contribution in [3.05, 3.63) is 70.8 Å². The zero-order valence-electron chi connectivity index (χ0n) is 15.3. The first-order valence-electron chi connectivity index (χ1n) is 9.02. The highest BCUT2D eigenvalue weighted by atomic mass is 16.5. The van der Waals surface area contributed by atoms with Gasteiger partial charge < -0.3 is 4.74 Å². The van der Waals surface area contributed by atoms with Crippen LogP contribution in [0.15, 0.2) is 48.5 Å². The molecular weight excluding hydrogens is 336 g/mol. The Kier molecular flexibility index (Phi) is 4.25. The molecular formula is C22H20N4O. The lowest BCUT2D eigenvalue weighted by Gasteiger charge is -2.28. The number of ether oxygens (including phenoxy) is 1. The normalized spacial score (nSPS) is 18.5. The minimum Gasteiger partial charge on any atom is -0.422 e. The van der Waals surface area contributed by atoms with Gasteiger partial charge in [0.2, 0.25) is 11.8 Å². The van der Waals surface area contributed by atoms with Crippen LogP contribution in [0.4, 0.5) is 0 Å². The molecule has 4 rings (SSSR count). The first-order chi connectivity index (χ1) is 13.1. The second-order valence-corrected chi connectivity index (χ2v) is 6.83. The Balaban J connectivity index is 1.89. The van der Waals surface area contributed by atoms with Crippen LogP contribution in [0, 0.1) is 29.6 Å². The summed E-state index contributed by atoms with van der Waals surface area (Å²) >= 11 is 0. The molecule has 1 aliphatic rings. The first-order valence-corrected chi connectivity index (χ1v) is 9.02. The van der Waals surface area contributed by atoms with Gasteiger partial charge in [0, 0.05) is 5.92 Å². The Morgan fingerprint density at radius 3 is 2.48 bits per heavy atom. The quantitative estimate of drug-likeness (QED) is 0.720. The molecule has 0 aliphatic carbocycles. The van der Waals surface area contributed by atoms with Crippen molar-refractivity contribution in [1.29, 1.82) is 10.7 Å². The number of H-pyrrole nitrogens is 1. The fourth-order valence-corrected chi connectivity index (χ4v) is 3.58. The van der Waals surface area contributed by atoms with Crippen LogP contribution in [-0.4, -0.2) is 16.1 Å². The molecule has 0 saturated carbocycles. The molecule has 0 spiro atoms. The van der Waals surface area contributed by atoms with Gasteiger partial charge in [-0.3, -0.25) is 10.5 Å². The summed E-state index contributed by atoms with van der Waals surface area (Å²) in [6.07, 6.45) is 0.955. The second-order valence-electron chi connectivity index (χ2n) is 6.83. The van der Waals surface area contributed by atoms with E-state index in [1.54, 1.807) is 0 Å². The van der Waals surface area contributed by atoms with Crippen LogP contribution in [0.25, 0.3) is 11.3 Å². The number of benzene rings is 2. The number of nitrogens with zero attached hydrogens (tertiary/aromatic N) is 2. The molecule has 2 unspecified atom stereocenters. The summed E-state index contributed by atoms with van der Waals surface area (Å²) in [4.78, 5) is 0. The number of hydrogen-bond acceptors (Lipinski definition) is 4. The van der Waals surface area contributed by atoms with Gasteiger partial charge in [-0.05, 0) is 30.0 Å². The van der Waals surface area contributed by atoms with Crippen LogP contribution in [0.2, 0.25) is 0 Å². The van der Waals surface area contributed by atoms with E-state index in [4.69, 9.17) is 10.1 Å². The summed E-state index contributed by atoms with van der Waals surface area (Å²) in [7, 11) is 0. The molecule has 5 heteroatoms. The molecule has 2 atom stereocenters. The summed E-state index contributed by atoms with van der Waals surface area (Å²) in [5.74, 6) is -0.665. The van der Waals surface area contributed by atoms with Gasteiger partial charge in [0.25, 0.3) is 0 Å². The van der Waals surface area contributed by atoms with Crippen molar-refractivity contribution >= 4 is 5.90 Å². The van der Waals surface area contributed by atoms with Crippen LogP contribution in [0.5, 0.6) is 5.88 Å². The van der Waals surface area contributed by atoms with E-state index >= 15 is 0 Å². The minimum atomic E-state index is -0.688. The summed E-state index contributed by atoms with van der Waals surface area (Å²) in [5, 5.41) is 25.3. The Morgan fingerprint density at radius 1 is 1.15 bits per heavy atom. The summed E-state index contributed by atoms with van der Waals surface area (Å²) in [5.41, 5.74) is 6.06. The molecule has 0 radical (unpaired) electrons. The number of hydrogen-bond donors (Lipinski definition) is 2. The molecule has 1 aromatic heterocycles. The van der Waals surface area contributed by atoms with Crippen LogP contribution < -0.4 is 4.74 Å². The Bertz CT molecular complexity index is 1030. The third kappa shape index (κ3) is 2.89. The largest absolute Gasteiger partial charge is 0.422 e. The molecule has 0 saturated heterocycles. The number of aromatic nitrogens is 2. The maximum atomic E-state index is 9.75. The van der Waals surface area contributed by atoms with E-state index in [9.17, 15) is 5.26 Å². The average Bonchev–Trinajstić information content (AvgIpc) is 3.11. The van der Waals surface area contributed by atoms with Crippen molar-refractivity contribution in [3.63, 3.8) is 0 Å². The van der Waals surface area contributed by atoms with Gasteiger partial charge >= 0.3 is 0 Å². The first kappa shape index (κ1) is 17.0. The molecule has 3 aromatic rings. The van der Waals surface area contributed by atoms with Gasteiger partial charge in [-0.15, -0.1) is 5.10 Å². The predicted molar refractivity (Wildman–Crippen MR) is 104 cm³/mol. The Hall–Kier alpha value is -3.39. The number of fused-ring (bicyclic) bond motifs is 1. The van der Waals surface area contributed by atoms with E-state index < -0.39 is 5.92 Å². The third-order valence-electron chi connectivity index (χ3n) is 5.13. The van der Waals surface area contributed by atoms with E-state index in [2.05, 4.69) is 35.3 Å². The molecule has 0 bridgehead atoms. The maximum absolute atomic E-state index is 9.75. The summed E-state index contributed by atoms with van der Waals surface area (Å²) in [6, 6.07) is 18.6. The zero-order chi connectivity index (χ0) is 19.0. The van der Waals surface area contributed by atoms with Gasteiger partial charge in [-0.1, -0.05) is 61.0 Å². The van der Waals surface area contributed by atoms with Crippen LogP contribution >= 0.6 is 0 Å². The maximum Gasteiger partial charge on any atom is 0.244 e. The van der Waals surface area contributed by atoms with Gasteiger partial charge in [-0.2, -0.15) is 5.26 Å². The molecule has 0 fully saturated rings.